The zero-order valence-electron chi connectivity index (χ0n) is 17.4. The van der Waals surface area contributed by atoms with Crippen LogP contribution in [0.2, 0.25) is 0 Å². The van der Waals surface area contributed by atoms with Crippen LogP contribution in [0.15, 0.2) is 42.5 Å². The van der Waals surface area contributed by atoms with Crippen molar-refractivity contribution in [3.8, 4) is 23.8 Å². The minimum Gasteiger partial charge on any atom is -0.493 e. The third-order valence-corrected chi connectivity index (χ3v) is 5.49. The number of imidazole rings is 1. The maximum Gasteiger partial charge on any atom is 0.204 e. The van der Waals surface area contributed by atoms with Gasteiger partial charge in [-0.2, -0.15) is 0 Å². The van der Waals surface area contributed by atoms with E-state index in [9.17, 15) is 0 Å². The summed E-state index contributed by atoms with van der Waals surface area (Å²) in [6.45, 7) is 1.45. The average molecular weight is 406 g/mol. The van der Waals surface area contributed by atoms with E-state index in [1.165, 1.54) is 0 Å². The van der Waals surface area contributed by atoms with E-state index in [0.29, 0.717) is 12.3 Å². The number of nitrogens with one attached hydrogen (secondary N) is 3. The number of rotatable bonds is 10. The lowest BCUT2D eigenvalue weighted by Gasteiger charge is -2.15. The molecule has 1 fully saturated rings. The fourth-order valence-corrected chi connectivity index (χ4v) is 3.66. The van der Waals surface area contributed by atoms with E-state index in [0.717, 1.165) is 54.1 Å². The number of methoxy groups -OCH3 is 2. The Bertz CT molecular complexity index is 1070. The molecular formula is C23H27N5O2. The highest BCUT2D eigenvalue weighted by Crippen LogP contribution is 2.29. The van der Waals surface area contributed by atoms with Gasteiger partial charge in [0.15, 0.2) is 11.5 Å². The van der Waals surface area contributed by atoms with Gasteiger partial charge < -0.3 is 19.4 Å². The lowest BCUT2D eigenvalue weighted by atomic mass is 10.1. The molecule has 2 heterocycles. The van der Waals surface area contributed by atoms with Crippen molar-refractivity contribution in [2.75, 3.05) is 19.5 Å². The van der Waals surface area contributed by atoms with Crippen molar-refractivity contribution in [2.24, 2.45) is 0 Å². The van der Waals surface area contributed by atoms with E-state index >= 15 is 0 Å². The molecule has 0 amide bonds. The van der Waals surface area contributed by atoms with Crippen LogP contribution in [-0.4, -0.2) is 29.4 Å². The highest BCUT2D eigenvalue weighted by molar-refractivity contribution is 5.78. The number of aryl methyl sites for hydroxylation is 1. The van der Waals surface area contributed by atoms with Crippen LogP contribution in [0.4, 0.5) is 5.95 Å². The Hall–Kier alpha value is -3.21. The maximum absolute atomic E-state index is 5.44. The fourth-order valence-electron chi connectivity index (χ4n) is 3.66. The van der Waals surface area contributed by atoms with Gasteiger partial charge in [0.2, 0.25) is 5.95 Å². The quantitative estimate of drug-likeness (QED) is 0.354. The first kappa shape index (κ1) is 20.1. The van der Waals surface area contributed by atoms with E-state index in [-0.39, 0.29) is 5.66 Å². The average Bonchev–Trinajstić information content (AvgIpc) is 3.47. The summed E-state index contributed by atoms with van der Waals surface area (Å²) in [6, 6.07) is 14.1. The van der Waals surface area contributed by atoms with Crippen molar-refractivity contribution >= 4 is 17.0 Å². The van der Waals surface area contributed by atoms with Crippen LogP contribution in [0.25, 0.3) is 11.0 Å². The van der Waals surface area contributed by atoms with E-state index in [1.807, 2.05) is 36.4 Å². The number of hydrogen-bond donors (Lipinski definition) is 3. The Morgan fingerprint density at radius 2 is 1.90 bits per heavy atom. The predicted octanol–water partition coefficient (Wildman–Crippen LogP) is 3.27. The molecule has 156 valence electrons. The molecule has 0 spiro atoms. The largest absolute Gasteiger partial charge is 0.493 e. The first-order valence-electron chi connectivity index (χ1n) is 10.1. The van der Waals surface area contributed by atoms with Gasteiger partial charge in [-0.3, -0.25) is 0 Å². The second-order valence-electron chi connectivity index (χ2n) is 7.40. The smallest absolute Gasteiger partial charge is 0.204 e. The third-order valence-electron chi connectivity index (χ3n) is 5.49. The van der Waals surface area contributed by atoms with Crippen molar-refractivity contribution in [3.05, 3.63) is 48.0 Å². The Balaban J connectivity index is 1.52. The van der Waals surface area contributed by atoms with Crippen LogP contribution in [0, 0.1) is 12.3 Å². The highest BCUT2D eigenvalue weighted by Gasteiger charge is 2.40. The minimum atomic E-state index is -0.0711. The van der Waals surface area contributed by atoms with E-state index < -0.39 is 0 Å². The Kier molecular flexibility index (Phi) is 5.79. The summed E-state index contributed by atoms with van der Waals surface area (Å²) < 4.78 is 13.0. The topological polar surface area (TPSA) is 92.2 Å². The summed E-state index contributed by atoms with van der Waals surface area (Å²) in [5, 5.41) is 3.49. The number of hydrogen-bond acceptors (Lipinski definition) is 6. The first-order valence-corrected chi connectivity index (χ1v) is 10.1. The minimum absolute atomic E-state index is 0.0711. The summed E-state index contributed by atoms with van der Waals surface area (Å²) in [5.41, 5.74) is 9.64. The monoisotopic (exact) mass is 405 g/mol. The molecule has 7 heteroatoms. The maximum atomic E-state index is 5.44. The number of fused-ring (bicyclic) bond motifs is 1. The molecule has 2 aromatic carbocycles. The lowest BCUT2D eigenvalue weighted by Crippen LogP contribution is -2.21. The lowest BCUT2D eigenvalue weighted by molar-refractivity contribution is 0.354. The van der Waals surface area contributed by atoms with Crippen LogP contribution < -0.4 is 25.6 Å². The number of benzene rings is 2. The summed E-state index contributed by atoms with van der Waals surface area (Å²) in [5.74, 6) is 5.00. The molecule has 1 aromatic heterocycles. The second kappa shape index (κ2) is 8.66. The number of hydrazine groups is 1. The summed E-state index contributed by atoms with van der Waals surface area (Å²) in [4.78, 5) is 4.81. The summed E-state index contributed by atoms with van der Waals surface area (Å²) in [6.07, 6.45) is 8.01. The van der Waals surface area contributed by atoms with Gasteiger partial charge in [0.25, 0.3) is 0 Å². The number of aromatic nitrogens is 2. The molecule has 0 saturated carbocycles. The van der Waals surface area contributed by atoms with Crippen molar-refractivity contribution in [1.82, 2.24) is 20.4 Å². The molecule has 0 radical (unpaired) electrons. The zero-order chi connectivity index (χ0) is 21.0. The third kappa shape index (κ3) is 4.20. The summed E-state index contributed by atoms with van der Waals surface area (Å²) >= 11 is 0. The van der Waals surface area contributed by atoms with Crippen LogP contribution in [0.3, 0.4) is 0 Å². The van der Waals surface area contributed by atoms with Gasteiger partial charge >= 0.3 is 0 Å². The Morgan fingerprint density at radius 3 is 2.63 bits per heavy atom. The normalized spacial score (nSPS) is 14.3. The molecule has 3 N–H and O–H groups in total. The molecule has 0 unspecified atom stereocenters. The number of terminal acetylenes is 1. The van der Waals surface area contributed by atoms with Crippen LogP contribution >= 0.6 is 0 Å². The van der Waals surface area contributed by atoms with Gasteiger partial charge in [0.05, 0.1) is 30.9 Å². The van der Waals surface area contributed by atoms with Gasteiger partial charge in [-0.25, -0.2) is 15.8 Å². The molecule has 1 aliphatic heterocycles. The van der Waals surface area contributed by atoms with Crippen molar-refractivity contribution in [3.63, 3.8) is 0 Å². The van der Waals surface area contributed by atoms with Gasteiger partial charge in [0.1, 0.15) is 0 Å². The van der Waals surface area contributed by atoms with Gasteiger partial charge in [-0.15, -0.1) is 12.3 Å². The zero-order valence-corrected chi connectivity index (χ0v) is 17.4. The predicted molar refractivity (Wildman–Crippen MR) is 118 cm³/mol. The molecule has 0 bridgehead atoms. The molecule has 1 aliphatic rings. The Morgan fingerprint density at radius 1 is 1.10 bits per heavy atom. The fraction of sp³-hybridized carbons (Fsp3) is 0.348. The molecular weight excluding hydrogens is 378 g/mol. The highest BCUT2D eigenvalue weighted by atomic mass is 16.5. The number of anilines is 1. The van der Waals surface area contributed by atoms with Gasteiger partial charge in [-0.1, -0.05) is 18.2 Å². The van der Waals surface area contributed by atoms with Crippen molar-refractivity contribution in [1.29, 1.82) is 0 Å². The molecule has 7 nitrogen and oxygen atoms in total. The van der Waals surface area contributed by atoms with Gasteiger partial charge in [-0.05, 0) is 42.7 Å². The molecule has 4 rings (SSSR count). The number of para-hydroxylation sites is 2. The number of nitrogens with zero attached hydrogens (tertiary/aromatic N) is 2. The van der Waals surface area contributed by atoms with Crippen LogP contribution in [0.1, 0.15) is 24.8 Å². The molecule has 3 aromatic rings. The molecule has 0 atom stereocenters. The van der Waals surface area contributed by atoms with Gasteiger partial charge in [0, 0.05) is 19.5 Å². The standard InChI is InChI=1S/C23H27N5O2/c1-4-5-12-23(26-27-23)13-14-28-19-9-7-6-8-18(19)25-22(28)24-16-17-10-11-20(29-2)21(15-17)30-3/h1,6-11,15,26-27H,5,12-14,16H2,2-3H3,(H,24,25). The SMILES string of the molecule is C#CCCC1(CCn2c(NCc3ccc(OC)c(OC)c3)nc3ccccc32)NN1. The van der Waals surface area contributed by atoms with Crippen LogP contribution in [-0.2, 0) is 13.1 Å². The molecule has 1 saturated heterocycles. The van der Waals surface area contributed by atoms with E-state index in [1.54, 1.807) is 14.2 Å². The molecule has 30 heavy (non-hydrogen) atoms. The summed E-state index contributed by atoms with van der Waals surface area (Å²) in [7, 11) is 3.28. The van der Waals surface area contributed by atoms with Crippen molar-refractivity contribution in [2.45, 2.75) is 38.0 Å². The van der Waals surface area contributed by atoms with Crippen LogP contribution in [0.5, 0.6) is 11.5 Å². The second-order valence-corrected chi connectivity index (χ2v) is 7.40. The number of ether oxygens (including phenoxy) is 2. The first-order chi connectivity index (χ1) is 14.7. The van der Waals surface area contributed by atoms with E-state index in [2.05, 4.69) is 32.7 Å². The Labute approximate surface area is 176 Å². The van der Waals surface area contributed by atoms with E-state index in [4.69, 9.17) is 20.9 Å². The molecule has 0 aliphatic carbocycles. The van der Waals surface area contributed by atoms with Crippen molar-refractivity contribution < 1.29 is 9.47 Å².